The van der Waals surface area contributed by atoms with Gasteiger partial charge in [0.05, 0.1) is 5.56 Å². The smallest absolute Gasteiger partial charge is 0.335 e. The minimum absolute atomic E-state index is 0.173. The molecule has 2 aromatic rings. The molecule has 0 aromatic heterocycles. The van der Waals surface area contributed by atoms with E-state index in [4.69, 9.17) is 0 Å². The van der Waals surface area contributed by atoms with Gasteiger partial charge in [-0.2, -0.15) is 0 Å². The van der Waals surface area contributed by atoms with Gasteiger partial charge >= 0.3 is 5.97 Å². The Kier molecular flexibility index (Phi) is 5.42. The molecule has 0 saturated heterocycles. The van der Waals surface area contributed by atoms with Crippen LogP contribution in [0.3, 0.4) is 0 Å². The van der Waals surface area contributed by atoms with Gasteiger partial charge in [0.2, 0.25) is 0 Å². The minimum atomic E-state index is -0.872. The molecule has 1 fully saturated rings. The van der Waals surface area contributed by atoms with Crippen LogP contribution in [-0.4, -0.2) is 17.1 Å². The number of fused-ring (bicyclic) bond motifs is 1. The first-order chi connectivity index (χ1) is 14.2. The van der Waals surface area contributed by atoms with Crippen molar-refractivity contribution in [3.8, 4) is 0 Å². The van der Waals surface area contributed by atoms with Crippen LogP contribution in [0.4, 0.5) is 11.4 Å². The fourth-order valence-electron chi connectivity index (χ4n) is 5.40. The lowest BCUT2D eigenvalue weighted by atomic mass is 9.63. The summed E-state index contributed by atoms with van der Waals surface area (Å²) >= 11 is 0. The summed E-state index contributed by atoms with van der Waals surface area (Å²) in [7, 11) is 0. The van der Waals surface area contributed by atoms with Crippen LogP contribution < -0.4 is 4.90 Å². The lowest BCUT2D eigenvalue weighted by molar-refractivity contribution is 0.0697. The number of hydrogen-bond acceptors (Lipinski definition) is 2. The first kappa shape index (κ1) is 21.0. The van der Waals surface area contributed by atoms with Crippen molar-refractivity contribution in [2.45, 2.75) is 89.5 Å². The molecule has 160 valence electrons. The summed E-state index contributed by atoms with van der Waals surface area (Å²) in [6.45, 7) is 9.48. The fourth-order valence-corrected chi connectivity index (χ4v) is 5.40. The van der Waals surface area contributed by atoms with Crippen molar-refractivity contribution in [2.24, 2.45) is 0 Å². The Labute approximate surface area is 181 Å². The van der Waals surface area contributed by atoms with Crippen LogP contribution in [0.15, 0.2) is 42.5 Å². The number of hydrogen-bond donors (Lipinski definition) is 1. The summed E-state index contributed by atoms with van der Waals surface area (Å²) < 4.78 is 0. The Hall–Kier alpha value is -2.29. The van der Waals surface area contributed by atoms with Crippen molar-refractivity contribution < 1.29 is 9.90 Å². The molecule has 1 N–H and O–H groups in total. The Morgan fingerprint density at radius 3 is 2.00 bits per heavy atom. The standard InChI is InChI=1S/C27H35NO2/c1-26(2)16-17-27(3,4)24-18-22(14-15-23(24)26)28(20-8-6-5-7-9-20)21-12-10-19(11-13-21)25(29)30/h10-15,18,20H,5-9,16-17H2,1-4H3,(H,29,30). The zero-order valence-electron chi connectivity index (χ0n) is 18.9. The number of carbonyl (C=O) groups is 1. The topological polar surface area (TPSA) is 40.5 Å². The maximum Gasteiger partial charge on any atom is 0.335 e. The summed E-state index contributed by atoms with van der Waals surface area (Å²) in [6.07, 6.45) is 8.63. The molecule has 2 aliphatic carbocycles. The number of anilines is 2. The molecule has 4 rings (SSSR count). The van der Waals surface area contributed by atoms with Crippen LogP contribution in [0.2, 0.25) is 0 Å². The van der Waals surface area contributed by atoms with Gasteiger partial charge < -0.3 is 10.0 Å². The molecule has 0 radical (unpaired) electrons. The monoisotopic (exact) mass is 405 g/mol. The van der Waals surface area contributed by atoms with Crippen LogP contribution >= 0.6 is 0 Å². The molecule has 3 heteroatoms. The van der Waals surface area contributed by atoms with E-state index in [1.165, 1.54) is 61.8 Å². The van der Waals surface area contributed by atoms with E-state index in [2.05, 4.69) is 50.8 Å². The van der Waals surface area contributed by atoms with Crippen molar-refractivity contribution in [2.75, 3.05) is 4.90 Å². The number of nitrogens with zero attached hydrogens (tertiary/aromatic N) is 1. The Balaban J connectivity index is 1.80. The van der Waals surface area contributed by atoms with Crippen LogP contribution in [0.25, 0.3) is 0 Å². The third kappa shape index (κ3) is 3.87. The number of carboxylic acid groups (broad SMARTS) is 1. The maximum atomic E-state index is 11.3. The maximum absolute atomic E-state index is 11.3. The van der Waals surface area contributed by atoms with E-state index in [-0.39, 0.29) is 10.8 Å². The third-order valence-corrected chi connectivity index (χ3v) is 7.45. The van der Waals surface area contributed by atoms with Gasteiger partial charge in [0.1, 0.15) is 0 Å². The zero-order valence-corrected chi connectivity index (χ0v) is 18.9. The highest BCUT2D eigenvalue weighted by molar-refractivity contribution is 5.88. The van der Waals surface area contributed by atoms with Gasteiger partial charge in [0, 0.05) is 17.4 Å². The Morgan fingerprint density at radius 2 is 1.40 bits per heavy atom. The first-order valence-electron chi connectivity index (χ1n) is 11.5. The van der Waals surface area contributed by atoms with E-state index in [0.29, 0.717) is 11.6 Å². The van der Waals surface area contributed by atoms with E-state index in [0.717, 1.165) is 5.69 Å². The average Bonchev–Trinajstić information content (AvgIpc) is 2.73. The largest absolute Gasteiger partial charge is 0.478 e. The summed E-state index contributed by atoms with van der Waals surface area (Å²) in [5.41, 5.74) is 6.02. The number of rotatable bonds is 4. The molecule has 3 nitrogen and oxygen atoms in total. The highest BCUT2D eigenvalue weighted by Gasteiger charge is 2.37. The molecule has 0 spiro atoms. The van der Waals surface area contributed by atoms with Gasteiger partial charge in [-0.15, -0.1) is 0 Å². The Bertz CT molecular complexity index is 920. The molecule has 1 saturated carbocycles. The average molecular weight is 406 g/mol. The van der Waals surface area contributed by atoms with Gasteiger partial charge in [0.15, 0.2) is 0 Å². The summed E-state index contributed by atoms with van der Waals surface area (Å²) in [4.78, 5) is 13.8. The van der Waals surface area contributed by atoms with Crippen molar-refractivity contribution in [1.82, 2.24) is 0 Å². The number of aromatic carboxylic acids is 1. The van der Waals surface area contributed by atoms with Gasteiger partial charge in [-0.1, -0.05) is 53.0 Å². The lowest BCUT2D eigenvalue weighted by Gasteiger charge is -2.43. The molecule has 0 bridgehead atoms. The normalized spacial score (nSPS) is 20.4. The van der Waals surface area contributed by atoms with Crippen molar-refractivity contribution in [3.05, 3.63) is 59.2 Å². The third-order valence-electron chi connectivity index (χ3n) is 7.45. The highest BCUT2D eigenvalue weighted by atomic mass is 16.4. The molecular formula is C27H35NO2. The van der Waals surface area contributed by atoms with Gasteiger partial charge in [-0.3, -0.25) is 0 Å². The Morgan fingerprint density at radius 1 is 0.833 bits per heavy atom. The molecule has 0 aliphatic heterocycles. The summed E-state index contributed by atoms with van der Waals surface area (Å²) in [6, 6.07) is 15.0. The predicted octanol–water partition coefficient (Wildman–Crippen LogP) is 7.20. The summed E-state index contributed by atoms with van der Waals surface area (Å²) in [5, 5.41) is 9.31. The molecule has 0 atom stereocenters. The van der Waals surface area contributed by atoms with Gasteiger partial charge in [-0.05, 0) is 84.0 Å². The molecule has 2 aromatic carbocycles. The molecule has 0 amide bonds. The number of carboxylic acids is 1. The van der Waals surface area contributed by atoms with E-state index in [1.54, 1.807) is 12.1 Å². The number of benzene rings is 2. The second-order valence-corrected chi connectivity index (χ2v) is 10.5. The molecule has 0 unspecified atom stereocenters. The molecule has 30 heavy (non-hydrogen) atoms. The van der Waals surface area contributed by atoms with Crippen LogP contribution in [-0.2, 0) is 10.8 Å². The summed E-state index contributed by atoms with van der Waals surface area (Å²) in [5.74, 6) is -0.872. The SMILES string of the molecule is CC1(C)CCC(C)(C)c2cc(N(c3ccc(C(=O)O)cc3)C3CCCCC3)ccc21. The zero-order chi connectivity index (χ0) is 21.5. The highest BCUT2D eigenvalue weighted by Crippen LogP contribution is 2.47. The van der Waals surface area contributed by atoms with Gasteiger partial charge in [0.25, 0.3) is 0 Å². The van der Waals surface area contributed by atoms with E-state index in [1.807, 2.05) is 12.1 Å². The van der Waals surface area contributed by atoms with Crippen LogP contribution in [0.5, 0.6) is 0 Å². The second kappa shape index (κ2) is 7.76. The first-order valence-corrected chi connectivity index (χ1v) is 11.5. The van der Waals surface area contributed by atoms with Crippen LogP contribution in [0, 0.1) is 0 Å². The van der Waals surface area contributed by atoms with E-state index >= 15 is 0 Å². The van der Waals surface area contributed by atoms with E-state index < -0.39 is 5.97 Å². The minimum Gasteiger partial charge on any atom is -0.478 e. The van der Waals surface area contributed by atoms with Crippen molar-refractivity contribution >= 4 is 17.3 Å². The predicted molar refractivity (Wildman–Crippen MR) is 124 cm³/mol. The molecule has 2 aliphatic rings. The lowest BCUT2D eigenvalue weighted by Crippen LogP contribution is -2.36. The van der Waals surface area contributed by atoms with Crippen molar-refractivity contribution in [1.29, 1.82) is 0 Å². The quantitative estimate of drug-likeness (QED) is 0.584. The van der Waals surface area contributed by atoms with Crippen molar-refractivity contribution in [3.63, 3.8) is 0 Å². The second-order valence-electron chi connectivity index (χ2n) is 10.5. The van der Waals surface area contributed by atoms with Gasteiger partial charge in [-0.25, -0.2) is 4.79 Å². The molecule has 0 heterocycles. The fraction of sp³-hybridized carbons (Fsp3) is 0.519. The van der Waals surface area contributed by atoms with Crippen LogP contribution in [0.1, 0.15) is 94.1 Å². The van der Waals surface area contributed by atoms with E-state index in [9.17, 15) is 9.90 Å². The molecular weight excluding hydrogens is 370 g/mol.